The van der Waals surface area contributed by atoms with E-state index in [1.165, 1.54) is 30.5 Å². The molecule has 8 nitrogen and oxygen atoms in total. The highest BCUT2D eigenvalue weighted by atomic mass is 19.4. The van der Waals surface area contributed by atoms with E-state index in [1.54, 1.807) is 23.1 Å². The van der Waals surface area contributed by atoms with Gasteiger partial charge >= 0.3 is 6.18 Å². The molecule has 1 aromatic carbocycles. The van der Waals surface area contributed by atoms with Crippen molar-refractivity contribution < 1.29 is 22.7 Å². The second kappa shape index (κ2) is 8.05. The fourth-order valence-corrected chi connectivity index (χ4v) is 4.49. The maximum Gasteiger partial charge on any atom is 0.416 e. The summed E-state index contributed by atoms with van der Waals surface area (Å²) in [4.78, 5) is 22.6. The van der Waals surface area contributed by atoms with Crippen molar-refractivity contribution in [2.24, 2.45) is 5.92 Å². The van der Waals surface area contributed by atoms with Crippen molar-refractivity contribution in [3.63, 3.8) is 0 Å². The molecule has 172 valence electrons. The van der Waals surface area contributed by atoms with Crippen LogP contribution in [0.5, 0.6) is 5.75 Å². The first kappa shape index (κ1) is 21.2. The Balaban J connectivity index is 1.38. The zero-order valence-corrected chi connectivity index (χ0v) is 17.7. The van der Waals surface area contributed by atoms with Gasteiger partial charge in [0.15, 0.2) is 0 Å². The Morgan fingerprint density at radius 2 is 1.88 bits per heavy atom. The standard InChI is InChI=1S/C22H21F3N6O2/c1-33-16-2-3-17(18(11-16)31-27-7-8-28-31)21(32)30-12-14-5-9-29(13-19(14)30)20-10-15(4-6-26-20)22(23,24)25/h2-4,6-8,10-11,14,19H,5,9,12-13H2,1H3/t14-,19-/m1/s1. The van der Waals surface area contributed by atoms with Gasteiger partial charge < -0.3 is 14.5 Å². The van der Waals surface area contributed by atoms with Gasteiger partial charge in [0.25, 0.3) is 5.91 Å². The van der Waals surface area contributed by atoms with Crippen LogP contribution in [0.1, 0.15) is 22.3 Å². The minimum Gasteiger partial charge on any atom is -0.497 e. The average molecular weight is 458 g/mol. The van der Waals surface area contributed by atoms with Gasteiger partial charge in [0.05, 0.1) is 36.7 Å². The lowest BCUT2D eigenvalue weighted by molar-refractivity contribution is -0.137. The molecule has 0 N–H and O–H groups in total. The average Bonchev–Trinajstić information content (AvgIpc) is 3.34. The van der Waals surface area contributed by atoms with Crippen molar-refractivity contribution >= 4 is 11.7 Å². The first-order valence-electron chi connectivity index (χ1n) is 10.5. The highest BCUT2D eigenvalue weighted by molar-refractivity contribution is 5.98. The van der Waals surface area contributed by atoms with Crippen LogP contribution in [0.4, 0.5) is 19.0 Å². The number of anilines is 1. The molecule has 11 heteroatoms. The summed E-state index contributed by atoms with van der Waals surface area (Å²) in [5.74, 6) is 0.971. The third-order valence-electron chi connectivity index (χ3n) is 6.28. The van der Waals surface area contributed by atoms with E-state index in [1.807, 2.05) is 4.90 Å². The zero-order chi connectivity index (χ0) is 23.2. The molecular weight excluding hydrogens is 437 g/mol. The summed E-state index contributed by atoms with van der Waals surface area (Å²) in [6.45, 7) is 1.63. The highest BCUT2D eigenvalue weighted by Crippen LogP contribution is 2.37. The van der Waals surface area contributed by atoms with Crippen LogP contribution in [0.3, 0.4) is 0 Å². The van der Waals surface area contributed by atoms with Crippen molar-refractivity contribution in [2.75, 3.05) is 31.6 Å². The Bertz CT molecular complexity index is 1170. The second-order valence-electron chi connectivity index (χ2n) is 8.12. The lowest BCUT2D eigenvalue weighted by Crippen LogP contribution is -2.66. The molecule has 0 saturated carbocycles. The van der Waals surface area contributed by atoms with Crippen LogP contribution in [0.15, 0.2) is 48.9 Å². The lowest BCUT2D eigenvalue weighted by Gasteiger charge is -2.53. The van der Waals surface area contributed by atoms with Crippen molar-refractivity contribution in [3.05, 3.63) is 60.0 Å². The molecule has 1 amide bonds. The number of aromatic nitrogens is 4. The number of carbonyl (C=O) groups excluding carboxylic acids is 1. The first-order chi connectivity index (χ1) is 15.8. The van der Waals surface area contributed by atoms with Gasteiger partial charge in [-0.1, -0.05) is 0 Å². The number of benzene rings is 1. The fourth-order valence-electron chi connectivity index (χ4n) is 4.49. The molecule has 2 aliphatic rings. The van der Waals surface area contributed by atoms with Gasteiger partial charge in [0.2, 0.25) is 0 Å². The molecule has 5 rings (SSSR count). The second-order valence-corrected chi connectivity index (χ2v) is 8.12. The number of amides is 1. The number of fused-ring (bicyclic) bond motifs is 1. The summed E-state index contributed by atoms with van der Waals surface area (Å²) in [5.41, 5.74) is 0.200. The first-order valence-corrected chi connectivity index (χ1v) is 10.5. The number of hydrogen-bond donors (Lipinski definition) is 0. The number of ether oxygens (including phenoxy) is 1. The van der Waals surface area contributed by atoms with E-state index >= 15 is 0 Å². The number of methoxy groups -OCH3 is 1. The number of rotatable bonds is 4. The molecule has 2 atom stereocenters. The van der Waals surface area contributed by atoms with E-state index in [4.69, 9.17) is 4.74 Å². The normalized spacial score (nSPS) is 20.2. The lowest BCUT2D eigenvalue weighted by atomic mass is 9.81. The molecule has 0 radical (unpaired) electrons. The van der Waals surface area contributed by atoms with E-state index < -0.39 is 11.7 Å². The van der Waals surface area contributed by atoms with Gasteiger partial charge in [-0.15, -0.1) is 0 Å². The van der Waals surface area contributed by atoms with Crippen LogP contribution >= 0.6 is 0 Å². The summed E-state index contributed by atoms with van der Waals surface area (Å²) in [7, 11) is 1.54. The molecule has 3 aromatic rings. The molecule has 4 heterocycles. The molecule has 0 aliphatic carbocycles. The largest absolute Gasteiger partial charge is 0.497 e. The molecule has 0 bridgehead atoms. The van der Waals surface area contributed by atoms with Crippen molar-refractivity contribution in [3.8, 4) is 11.4 Å². The molecule has 2 fully saturated rings. The van der Waals surface area contributed by atoms with E-state index in [9.17, 15) is 18.0 Å². The van der Waals surface area contributed by atoms with E-state index in [-0.39, 0.29) is 17.8 Å². The van der Waals surface area contributed by atoms with Gasteiger partial charge in [-0.05, 0) is 30.7 Å². The minimum atomic E-state index is -4.43. The van der Waals surface area contributed by atoms with E-state index in [0.717, 1.165) is 18.6 Å². The maximum absolute atomic E-state index is 13.5. The number of alkyl halides is 3. The summed E-state index contributed by atoms with van der Waals surface area (Å²) in [6, 6.07) is 7.01. The van der Waals surface area contributed by atoms with Crippen molar-refractivity contribution in [1.82, 2.24) is 24.9 Å². The zero-order valence-electron chi connectivity index (χ0n) is 17.7. The third kappa shape index (κ3) is 3.87. The molecule has 2 saturated heterocycles. The van der Waals surface area contributed by atoms with E-state index in [2.05, 4.69) is 15.2 Å². The molecular formula is C22H21F3N6O2. The van der Waals surface area contributed by atoms with Crippen LogP contribution in [0.2, 0.25) is 0 Å². The van der Waals surface area contributed by atoms with Crippen LogP contribution in [-0.2, 0) is 6.18 Å². The quantitative estimate of drug-likeness (QED) is 0.598. The number of pyridine rings is 1. The van der Waals surface area contributed by atoms with Gasteiger partial charge in [-0.2, -0.15) is 28.2 Å². The summed E-state index contributed by atoms with van der Waals surface area (Å²) in [6.07, 6.45) is 0.569. The predicted octanol–water partition coefficient (Wildman–Crippen LogP) is 3.04. The Morgan fingerprint density at radius 3 is 2.61 bits per heavy atom. The van der Waals surface area contributed by atoms with Crippen LogP contribution in [0, 0.1) is 5.92 Å². The number of piperidine rings is 1. The van der Waals surface area contributed by atoms with Gasteiger partial charge in [0.1, 0.15) is 17.3 Å². The molecule has 0 spiro atoms. The Hall–Kier alpha value is -3.63. The maximum atomic E-state index is 13.5. The number of halogens is 3. The minimum absolute atomic E-state index is 0.108. The van der Waals surface area contributed by atoms with Gasteiger partial charge in [0, 0.05) is 37.8 Å². The SMILES string of the molecule is COc1ccc(C(=O)N2C[C@H]3CCN(c4cc(C(F)(F)F)ccn4)C[C@H]32)c(-n2nccn2)c1. The number of likely N-dealkylation sites (tertiary alicyclic amines) is 1. The topological polar surface area (TPSA) is 76.4 Å². The van der Waals surface area contributed by atoms with Crippen LogP contribution in [-0.4, -0.2) is 63.6 Å². The number of hydrogen-bond acceptors (Lipinski definition) is 6. The molecule has 2 aliphatic heterocycles. The van der Waals surface area contributed by atoms with Crippen molar-refractivity contribution in [1.29, 1.82) is 0 Å². The predicted molar refractivity (Wildman–Crippen MR) is 112 cm³/mol. The summed E-state index contributed by atoms with van der Waals surface area (Å²) in [5, 5.41) is 8.28. The molecule has 0 unspecified atom stereocenters. The van der Waals surface area contributed by atoms with E-state index in [0.29, 0.717) is 42.6 Å². The van der Waals surface area contributed by atoms with Crippen molar-refractivity contribution in [2.45, 2.75) is 18.6 Å². The van der Waals surface area contributed by atoms with Crippen LogP contribution < -0.4 is 9.64 Å². The Kier molecular flexibility index (Phi) is 5.18. The van der Waals surface area contributed by atoms with Crippen LogP contribution in [0.25, 0.3) is 5.69 Å². The number of carbonyl (C=O) groups is 1. The smallest absolute Gasteiger partial charge is 0.416 e. The van der Waals surface area contributed by atoms with Gasteiger partial charge in [-0.25, -0.2) is 4.98 Å². The number of nitrogens with zero attached hydrogens (tertiary/aromatic N) is 6. The summed E-state index contributed by atoms with van der Waals surface area (Å²) < 4.78 is 44.7. The Morgan fingerprint density at radius 1 is 1.09 bits per heavy atom. The Labute approximate surface area is 187 Å². The summed E-state index contributed by atoms with van der Waals surface area (Å²) >= 11 is 0. The highest BCUT2D eigenvalue weighted by Gasteiger charge is 2.46. The molecule has 2 aromatic heterocycles. The third-order valence-corrected chi connectivity index (χ3v) is 6.28. The monoisotopic (exact) mass is 458 g/mol. The molecule has 33 heavy (non-hydrogen) atoms. The van der Waals surface area contributed by atoms with Gasteiger partial charge in [-0.3, -0.25) is 4.79 Å². The fraction of sp³-hybridized carbons (Fsp3) is 0.364.